The normalized spacial score (nSPS) is 12.0. The van der Waals surface area contributed by atoms with Gasteiger partial charge in [-0.3, -0.25) is 4.79 Å². The molecular weight excluding hydrogens is 405 g/mol. The fraction of sp³-hybridized carbons (Fsp3) is 0.0667. The number of pyridine rings is 1. The topological polar surface area (TPSA) is 138 Å². The first-order chi connectivity index (χ1) is 13.1. The minimum absolute atomic E-state index is 0.0338. The predicted molar refractivity (Wildman–Crippen MR) is 85.9 cm³/mol. The van der Waals surface area contributed by atoms with Gasteiger partial charge in [0, 0.05) is 6.20 Å². The molecule has 0 unspecified atom stereocenters. The molecule has 9 nitrogen and oxygen atoms in total. The third kappa shape index (κ3) is 3.93. The minimum Gasteiger partial charge on any atom is -0.412 e. The number of carbonyl (C=O) groups excluding carboxylic acids is 1. The van der Waals surface area contributed by atoms with Gasteiger partial charge in [-0.05, 0) is 30.3 Å². The number of anilines is 1. The molecule has 0 spiro atoms. The monoisotopic (exact) mass is 414 g/mol. The second kappa shape index (κ2) is 6.92. The first kappa shape index (κ1) is 19.3. The Bertz CT molecular complexity index is 1130. The number of carbonyl (C=O) groups is 1. The van der Waals surface area contributed by atoms with Crippen molar-refractivity contribution in [1.82, 2.24) is 15.2 Å². The number of sulfone groups is 1. The number of hydrogen-bond acceptors (Lipinski definition) is 9. The predicted octanol–water partition coefficient (Wildman–Crippen LogP) is 2.26. The van der Waals surface area contributed by atoms with Crippen LogP contribution in [-0.4, -0.2) is 36.2 Å². The van der Waals surface area contributed by atoms with Crippen LogP contribution in [0.15, 0.2) is 50.7 Å². The molecule has 0 saturated carbocycles. The molecule has 3 aromatic rings. The van der Waals surface area contributed by atoms with E-state index in [0.29, 0.717) is 6.29 Å². The Morgan fingerprint density at radius 2 is 1.79 bits per heavy atom. The van der Waals surface area contributed by atoms with E-state index >= 15 is 0 Å². The quantitative estimate of drug-likeness (QED) is 0.623. The van der Waals surface area contributed by atoms with Gasteiger partial charge in [-0.25, -0.2) is 13.4 Å². The van der Waals surface area contributed by atoms with Crippen molar-refractivity contribution < 1.29 is 35.5 Å². The van der Waals surface area contributed by atoms with Gasteiger partial charge in [0.05, 0.1) is 15.5 Å². The summed E-state index contributed by atoms with van der Waals surface area (Å²) in [6.45, 7) is 0. The number of aromatic nitrogens is 3. The van der Waals surface area contributed by atoms with Crippen molar-refractivity contribution in [2.75, 3.05) is 5.73 Å². The highest BCUT2D eigenvalue weighted by atomic mass is 32.2. The Labute approximate surface area is 154 Å². The molecule has 0 fully saturated rings. The summed E-state index contributed by atoms with van der Waals surface area (Å²) in [6, 6.07) is 4.71. The van der Waals surface area contributed by atoms with E-state index in [1.807, 2.05) is 0 Å². The number of benzene rings is 1. The van der Waals surface area contributed by atoms with Gasteiger partial charge >= 0.3 is 6.36 Å². The summed E-state index contributed by atoms with van der Waals surface area (Å²) < 4.78 is 70.5. The molecule has 2 heterocycles. The van der Waals surface area contributed by atoms with Gasteiger partial charge in [0.15, 0.2) is 5.69 Å². The van der Waals surface area contributed by atoms with Crippen LogP contribution < -0.4 is 10.5 Å². The molecule has 0 aliphatic carbocycles. The maximum absolute atomic E-state index is 12.6. The summed E-state index contributed by atoms with van der Waals surface area (Å²) in [7, 11) is -4.12. The molecule has 0 bridgehead atoms. The lowest BCUT2D eigenvalue weighted by Gasteiger charge is -2.10. The summed E-state index contributed by atoms with van der Waals surface area (Å²) in [6.07, 6.45) is -3.61. The Morgan fingerprint density at radius 3 is 2.32 bits per heavy atom. The van der Waals surface area contributed by atoms with Gasteiger partial charge in [-0.2, -0.15) is 0 Å². The molecule has 13 heteroatoms. The van der Waals surface area contributed by atoms with Crippen molar-refractivity contribution in [2.24, 2.45) is 0 Å². The van der Waals surface area contributed by atoms with Crippen molar-refractivity contribution in [3.8, 4) is 17.3 Å². The fourth-order valence-corrected chi connectivity index (χ4v) is 3.36. The highest BCUT2D eigenvalue weighted by Gasteiger charge is 2.31. The van der Waals surface area contributed by atoms with E-state index in [2.05, 4.69) is 19.9 Å². The van der Waals surface area contributed by atoms with Crippen LogP contribution in [-0.2, 0) is 9.84 Å². The Morgan fingerprint density at radius 1 is 1.11 bits per heavy atom. The molecule has 0 atom stereocenters. The van der Waals surface area contributed by atoms with Gasteiger partial charge in [0.2, 0.25) is 16.1 Å². The van der Waals surface area contributed by atoms with Crippen LogP contribution in [0.2, 0.25) is 0 Å². The molecule has 0 aliphatic heterocycles. The van der Waals surface area contributed by atoms with E-state index in [9.17, 15) is 26.4 Å². The van der Waals surface area contributed by atoms with Crippen LogP contribution >= 0.6 is 0 Å². The Balaban J connectivity index is 1.91. The molecule has 146 valence electrons. The number of aldehydes is 1. The summed E-state index contributed by atoms with van der Waals surface area (Å²) in [4.78, 5) is 13.8. The lowest BCUT2D eigenvalue weighted by atomic mass is 10.3. The van der Waals surface area contributed by atoms with Crippen molar-refractivity contribution in [3.63, 3.8) is 0 Å². The van der Waals surface area contributed by atoms with Crippen LogP contribution in [0.4, 0.5) is 18.9 Å². The van der Waals surface area contributed by atoms with E-state index in [0.717, 1.165) is 36.5 Å². The fourth-order valence-electron chi connectivity index (χ4n) is 2.12. The van der Waals surface area contributed by atoms with Crippen LogP contribution in [0.3, 0.4) is 0 Å². The lowest BCUT2D eigenvalue weighted by molar-refractivity contribution is -0.274. The van der Waals surface area contributed by atoms with Crippen LogP contribution in [0.25, 0.3) is 11.6 Å². The maximum Gasteiger partial charge on any atom is 0.573 e. The summed E-state index contributed by atoms with van der Waals surface area (Å²) in [5.74, 6) is -1.06. The van der Waals surface area contributed by atoms with E-state index in [-0.39, 0.29) is 33.0 Å². The average Bonchev–Trinajstić information content (AvgIpc) is 3.09. The Kier molecular flexibility index (Phi) is 4.77. The third-order valence-electron chi connectivity index (χ3n) is 3.31. The Hall–Kier alpha value is -3.48. The standard InChI is InChI=1S/C15H9F3N4O5S/c16-15(17,18)27-8-1-3-9(4-2-8)28(24,25)10-5-11(19)13(20-6-10)14-22-21-12(7-23)26-14/h1-7H,19H2. The molecule has 0 amide bonds. The molecule has 28 heavy (non-hydrogen) atoms. The molecule has 2 aromatic heterocycles. The summed E-state index contributed by atoms with van der Waals surface area (Å²) in [5.41, 5.74) is 5.62. The molecule has 1 aromatic carbocycles. The van der Waals surface area contributed by atoms with Gasteiger partial charge in [0.25, 0.3) is 11.8 Å². The zero-order valence-corrected chi connectivity index (χ0v) is 14.4. The van der Waals surface area contributed by atoms with Crippen molar-refractivity contribution in [2.45, 2.75) is 16.2 Å². The summed E-state index contributed by atoms with van der Waals surface area (Å²) in [5, 5.41) is 6.98. The average molecular weight is 414 g/mol. The van der Waals surface area contributed by atoms with Crippen LogP contribution in [0, 0.1) is 0 Å². The number of halogens is 3. The number of nitrogens with two attached hydrogens (primary N) is 1. The highest BCUT2D eigenvalue weighted by Crippen LogP contribution is 2.29. The van der Waals surface area contributed by atoms with E-state index in [4.69, 9.17) is 10.2 Å². The van der Waals surface area contributed by atoms with Gasteiger partial charge in [0.1, 0.15) is 5.75 Å². The molecular formula is C15H9F3N4O5S. The van der Waals surface area contributed by atoms with Crippen molar-refractivity contribution >= 4 is 21.8 Å². The smallest absolute Gasteiger partial charge is 0.412 e. The van der Waals surface area contributed by atoms with E-state index in [1.165, 1.54) is 0 Å². The molecule has 2 N–H and O–H groups in total. The lowest BCUT2D eigenvalue weighted by Crippen LogP contribution is -2.17. The van der Waals surface area contributed by atoms with Gasteiger partial charge < -0.3 is 14.9 Å². The second-order valence-electron chi connectivity index (χ2n) is 5.19. The van der Waals surface area contributed by atoms with Gasteiger partial charge in [-0.15, -0.1) is 23.4 Å². The molecule has 0 radical (unpaired) electrons. The largest absolute Gasteiger partial charge is 0.573 e. The number of rotatable bonds is 5. The zero-order valence-electron chi connectivity index (χ0n) is 13.5. The van der Waals surface area contributed by atoms with E-state index < -0.39 is 21.9 Å². The molecule has 0 aliphatic rings. The third-order valence-corrected chi connectivity index (χ3v) is 5.05. The first-order valence-corrected chi connectivity index (χ1v) is 8.74. The maximum atomic E-state index is 12.6. The van der Waals surface area contributed by atoms with Crippen LogP contribution in [0.5, 0.6) is 5.75 Å². The van der Waals surface area contributed by atoms with Crippen LogP contribution in [0.1, 0.15) is 10.7 Å². The number of alkyl halides is 3. The van der Waals surface area contributed by atoms with Crippen molar-refractivity contribution in [3.05, 3.63) is 42.4 Å². The molecule has 0 saturated heterocycles. The molecule has 3 rings (SSSR count). The van der Waals surface area contributed by atoms with Gasteiger partial charge in [-0.1, -0.05) is 0 Å². The highest BCUT2D eigenvalue weighted by molar-refractivity contribution is 7.91. The SMILES string of the molecule is Nc1cc(S(=O)(=O)c2ccc(OC(F)(F)F)cc2)cnc1-c1nnc(C=O)o1. The summed E-state index contributed by atoms with van der Waals surface area (Å²) >= 11 is 0. The zero-order chi connectivity index (χ0) is 20.5. The second-order valence-corrected chi connectivity index (χ2v) is 7.14. The minimum atomic E-state index is -4.90. The number of nitrogen functional groups attached to an aromatic ring is 1. The van der Waals surface area contributed by atoms with E-state index in [1.54, 1.807) is 0 Å². The number of nitrogens with zero attached hydrogens (tertiary/aromatic N) is 3. The first-order valence-electron chi connectivity index (χ1n) is 7.25. The number of ether oxygens (including phenoxy) is 1. The number of hydrogen-bond donors (Lipinski definition) is 1. The van der Waals surface area contributed by atoms with Crippen molar-refractivity contribution in [1.29, 1.82) is 0 Å².